The molecule has 1 fully saturated rings. The van der Waals surface area contributed by atoms with Crippen LogP contribution in [0.1, 0.15) is 47.9 Å². The molecule has 1 saturated carbocycles. The van der Waals surface area contributed by atoms with Crippen molar-refractivity contribution < 1.29 is 4.42 Å². The number of rotatable bonds is 6. The number of aryl methyl sites for hydroxylation is 2. The third kappa shape index (κ3) is 4.82. The smallest absolute Gasteiger partial charge is 0.135 e. The van der Waals surface area contributed by atoms with E-state index in [4.69, 9.17) is 4.42 Å². The number of fused-ring (bicyclic) bond motifs is 6. The van der Waals surface area contributed by atoms with E-state index >= 15 is 0 Å². The van der Waals surface area contributed by atoms with E-state index in [0.717, 1.165) is 46.2 Å². The molecule has 2 aliphatic carbocycles. The molecule has 14 rings (SSSR count). The number of hydrogen-bond donors (Lipinski definition) is 0. The molecule has 0 bridgehead atoms. The SMILES string of the molecule is Cc1ccc(N(c2ccc(C)cc2)c2c3cccc4c3c3c5c(cc(N(c6ccccc6)c6ccc7oc8ccccc8c7c6)c6cccc(c7cccc2c73)c65)C42CCCC2)cc1. The second-order valence-corrected chi connectivity index (χ2v) is 18.5. The van der Waals surface area contributed by atoms with Crippen molar-refractivity contribution in [3.05, 3.63) is 204 Å². The van der Waals surface area contributed by atoms with Crippen LogP contribution in [0.15, 0.2) is 186 Å². The fourth-order valence-electron chi connectivity index (χ4n) is 12.2. The van der Waals surface area contributed by atoms with Gasteiger partial charge in [0.05, 0.1) is 11.4 Å². The van der Waals surface area contributed by atoms with Gasteiger partial charge >= 0.3 is 0 Å². The number of hydrogen-bond acceptors (Lipinski definition) is 3. The Labute approximate surface area is 371 Å². The van der Waals surface area contributed by atoms with E-state index in [2.05, 4.69) is 206 Å². The molecular weight excluding hydrogens is 777 g/mol. The van der Waals surface area contributed by atoms with Gasteiger partial charge in [0.15, 0.2) is 0 Å². The van der Waals surface area contributed by atoms with Gasteiger partial charge in [0.2, 0.25) is 0 Å². The number of furan rings is 1. The van der Waals surface area contributed by atoms with Crippen molar-refractivity contribution in [2.75, 3.05) is 9.80 Å². The molecule has 0 unspecified atom stereocenters. The molecule has 0 radical (unpaired) electrons. The zero-order valence-corrected chi connectivity index (χ0v) is 36.0. The van der Waals surface area contributed by atoms with Crippen LogP contribution in [0.2, 0.25) is 0 Å². The molecule has 11 aromatic carbocycles. The topological polar surface area (TPSA) is 19.6 Å². The van der Waals surface area contributed by atoms with Crippen LogP contribution in [-0.4, -0.2) is 0 Å². The predicted octanol–water partition coefficient (Wildman–Crippen LogP) is 17.5. The van der Waals surface area contributed by atoms with Crippen LogP contribution in [0.4, 0.5) is 34.1 Å². The Bertz CT molecular complexity index is 3810. The first-order valence-electron chi connectivity index (χ1n) is 22.9. The third-order valence-electron chi connectivity index (χ3n) is 15.0. The van der Waals surface area contributed by atoms with E-state index in [1.165, 1.54) is 112 Å². The molecule has 0 atom stereocenters. The lowest BCUT2D eigenvalue weighted by Gasteiger charge is -2.40. The van der Waals surface area contributed by atoms with Gasteiger partial charge in [-0.3, -0.25) is 0 Å². The molecule has 3 heteroatoms. The molecule has 1 aromatic heterocycles. The summed E-state index contributed by atoms with van der Waals surface area (Å²) >= 11 is 0. The molecule has 3 nitrogen and oxygen atoms in total. The Kier molecular flexibility index (Phi) is 7.41. The summed E-state index contributed by atoms with van der Waals surface area (Å²) in [4.78, 5) is 5.05. The zero-order chi connectivity index (χ0) is 42.3. The highest BCUT2D eigenvalue weighted by Crippen LogP contribution is 2.62. The molecule has 304 valence electrons. The Balaban J connectivity index is 1.15. The second-order valence-electron chi connectivity index (χ2n) is 18.5. The Morgan fingerprint density at radius 3 is 1.64 bits per heavy atom. The van der Waals surface area contributed by atoms with Gasteiger partial charge in [-0.25, -0.2) is 0 Å². The van der Waals surface area contributed by atoms with Crippen LogP contribution < -0.4 is 9.80 Å². The first-order valence-corrected chi connectivity index (χ1v) is 22.9. The average Bonchev–Trinajstić information content (AvgIpc) is 3.98. The van der Waals surface area contributed by atoms with E-state index in [9.17, 15) is 0 Å². The summed E-state index contributed by atoms with van der Waals surface area (Å²) in [6, 6.07) is 68.3. The van der Waals surface area contributed by atoms with Crippen molar-refractivity contribution in [3.8, 4) is 0 Å². The summed E-state index contributed by atoms with van der Waals surface area (Å²) in [7, 11) is 0. The summed E-state index contributed by atoms with van der Waals surface area (Å²) < 4.78 is 6.38. The van der Waals surface area contributed by atoms with Gasteiger partial charge in [0.25, 0.3) is 0 Å². The lowest BCUT2D eigenvalue weighted by Crippen LogP contribution is -2.27. The Morgan fingerprint density at radius 1 is 0.375 bits per heavy atom. The van der Waals surface area contributed by atoms with Crippen LogP contribution in [0.3, 0.4) is 0 Å². The Morgan fingerprint density at radius 2 is 0.922 bits per heavy atom. The van der Waals surface area contributed by atoms with Crippen molar-refractivity contribution in [1.29, 1.82) is 0 Å². The van der Waals surface area contributed by atoms with Crippen LogP contribution in [0, 0.1) is 13.8 Å². The minimum Gasteiger partial charge on any atom is -0.456 e. The van der Waals surface area contributed by atoms with Crippen LogP contribution in [-0.2, 0) is 5.41 Å². The van der Waals surface area contributed by atoms with Gasteiger partial charge in [-0.15, -0.1) is 0 Å². The summed E-state index contributed by atoms with van der Waals surface area (Å²) in [6.07, 6.45) is 4.66. The molecule has 64 heavy (non-hydrogen) atoms. The van der Waals surface area contributed by atoms with Crippen molar-refractivity contribution in [2.45, 2.75) is 44.9 Å². The van der Waals surface area contributed by atoms with Crippen LogP contribution in [0.5, 0.6) is 0 Å². The minimum absolute atomic E-state index is 0.138. The maximum Gasteiger partial charge on any atom is 0.135 e. The summed E-state index contributed by atoms with van der Waals surface area (Å²) in [6.45, 7) is 4.36. The van der Waals surface area contributed by atoms with E-state index in [0.29, 0.717) is 0 Å². The van der Waals surface area contributed by atoms with E-state index < -0.39 is 0 Å². The Hall–Kier alpha value is -7.62. The van der Waals surface area contributed by atoms with Gasteiger partial charge in [-0.1, -0.05) is 139 Å². The molecule has 0 amide bonds. The zero-order valence-electron chi connectivity index (χ0n) is 36.0. The van der Waals surface area contributed by atoms with Crippen molar-refractivity contribution in [2.24, 2.45) is 0 Å². The third-order valence-corrected chi connectivity index (χ3v) is 15.0. The van der Waals surface area contributed by atoms with Crippen LogP contribution >= 0.6 is 0 Å². The van der Waals surface area contributed by atoms with E-state index in [-0.39, 0.29) is 5.41 Å². The highest BCUT2D eigenvalue weighted by molar-refractivity contribution is 6.43. The van der Waals surface area contributed by atoms with Gasteiger partial charge in [-0.05, 0) is 137 Å². The molecule has 2 aliphatic rings. The summed E-state index contributed by atoms with van der Waals surface area (Å²) in [5.74, 6) is 0. The maximum absolute atomic E-state index is 6.38. The quantitative estimate of drug-likeness (QED) is 0.123. The number of nitrogens with zero attached hydrogens (tertiary/aromatic N) is 2. The highest BCUT2D eigenvalue weighted by atomic mass is 16.3. The standard InChI is InChI=1S/C61H44N2O/c1-37-23-27-40(28-24-37)63(41-29-25-38(2)26-30-41)60-47-19-11-17-45-44-16-10-18-46-52(62(39-13-4-3-5-14-39)42-31-32-54-49(35-42)43-15-6-7-22-53(43)64-54)36-51-58(55(44)46)59(56(45)47)57-48(60)20-12-21-50(57)61(51)33-8-9-34-61/h3-7,10-32,35-36H,8-9,33-34H2,1-2H3. The van der Waals surface area contributed by atoms with Gasteiger partial charge in [0, 0.05) is 60.5 Å². The van der Waals surface area contributed by atoms with Gasteiger partial charge in [-0.2, -0.15) is 0 Å². The molecule has 1 spiro atoms. The predicted molar refractivity (Wildman–Crippen MR) is 271 cm³/mol. The van der Waals surface area contributed by atoms with E-state index in [1.807, 2.05) is 0 Å². The first kappa shape index (κ1) is 35.9. The van der Waals surface area contributed by atoms with Gasteiger partial charge in [0.1, 0.15) is 11.2 Å². The normalized spacial score (nSPS) is 14.3. The fourth-order valence-corrected chi connectivity index (χ4v) is 12.2. The number of anilines is 6. The molecule has 0 N–H and O–H groups in total. The largest absolute Gasteiger partial charge is 0.456 e. The second kappa shape index (κ2) is 13.2. The molecular formula is C61H44N2O. The fraction of sp³-hybridized carbons (Fsp3) is 0.115. The first-order chi connectivity index (χ1) is 31.6. The number of para-hydroxylation sites is 2. The number of benzene rings is 11. The molecule has 12 aromatic rings. The lowest BCUT2D eigenvalue weighted by atomic mass is 9.64. The molecule has 0 aliphatic heterocycles. The van der Waals surface area contributed by atoms with Crippen molar-refractivity contribution >= 4 is 110 Å². The van der Waals surface area contributed by atoms with Crippen LogP contribution in [0.25, 0.3) is 75.8 Å². The van der Waals surface area contributed by atoms with E-state index in [1.54, 1.807) is 0 Å². The van der Waals surface area contributed by atoms with Gasteiger partial charge < -0.3 is 14.2 Å². The summed E-state index contributed by atoms with van der Waals surface area (Å²) in [5, 5.41) is 15.8. The van der Waals surface area contributed by atoms with Crippen molar-refractivity contribution in [1.82, 2.24) is 0 Å². The maximum atomic E-state index is 6.38. The molecule has 0 saturated heterocycles. The highest BCUT2D eigenvalue weighted by Gasteiger charge is 2.44. The molecule has 1 heterocycles. The monoisotopic (exact) mass is 820 g/mol. The summed E-state index contributed by atoms with van der Waals surface area (Å²) in [5.41, 5.74) is 14.2. The van der Waals surface area contributed by atoms with Crippen molar-refractivity contribution in [3.63, 3.8) is 0 Å². The average molecular weight is 821 g/mol. The minimum atomic E-state index is -0.138. The lowest BCUT2D eigenvalue weighted by molar-refractivity contribution is 0.544.